The van der Waals surface area contributed by atoms with Gasteiger partial charge in [0.1, 0.15) is 5.83 Å². The van der Waals surface area contributed by atoms with Crippen LogP contribution in [0.4, 0.5) is 17.6 Å². The van der Waals surface area contributed by atoms with Crippen LogP contribution in [-0.4, -0.2) is 6.18 Å². The van der Waals surface area contributed by atoms with Crippen molar-refractivity contribution < 1.29 is 17.6 Å². The van der Waals surface area contributed by atoms with Gasteiger partial charge >= 0.3 is 6.18 Å². The minimum atomic E-state index is -4.63. The predicted octanol–water partition coefficient (Wildman–Crippen LogP) is 3.76. The molecule has 0 aromatic rings. The quantitative estimate of drug-likeness (QED) is 0.366. The number of hydrogen-bond donors (Lipinski definition) is 0. The average Bonchev–Trinajstić information content (AvgIpc) is 2.10. The molecule has 0 bridgehead atoms. The van der Waals surface area contributed by atoms with Gasteiger partial charge in [0.25, 0.3) is 0 Å². The zero-order valence-corrected chi connectivity index (χ0v) is 7.87. The minimum Gasteiger partial charge on any atom is -0.206 e. The van der Waals surface area contributed by atoms with Crippen molar-refractivity contribution in [2.24, 2.45) is 0 Å². The lowest BCUT2D eigenvalue weighted by molar-refractivity contribution is -0.0930. The Morgan fingerprint density at radius 1 is 1.36 bits per heavy atom. The third kappa shape index (κ3) is 3.65. The van der Waals surface area contributed by atoms with Crippen LogP contribution in [0.2, 0.25) is 0 Å². The maximum atomic E-state index is 13.0. The summed E-state index contributed by atoms with van der Waals surface area (Å²) < 4.78 is 49.1. The third-order valence-electron chi connectivity index (χ3n) is 1.63. The van der Waals surface area contributed by atoms with E-state index in [4.69, 9.17) is 6.42 Å². The molecular weight excluding hydrogens is 196 g/mol. The first-order valence-electron chi connectivity index (χ1n) is 3.85. The number of terminal acetylenes is 1. The molecule has 0 aromatic carbocycles. The Balaban J connectivity index is 4.94. The molecule has 0 saturated heterocycles. The fourth-order valence-electron chi connectivity index (χ4n) is 0.722. The number of rotatable bonds is 2. The van der Waals surface area contributed by atoms with Gasteiger partial charge in [0.05, 0.1) is 5.57 Å². The number of halogens is 4. The van der Waals surface area contributed by atoms with Crippen molar-refractivity contribution in [3.63, 3.8) is 0 Å². The molecule has 0 heterocycles. The van der Waals surface area contributed by atoms with Crippen LogP contribution in [0.25, 0.3) is 0 Å². The van der Waals surface area contributed by atoms with E-state index in [-0.39, 0.29) is 12.0 Å². The normalized spacial score (nSPS) is 14.8. The zero-order valence-electron chi connectivity index (χ0n) is 7.87. The topological polar surface area (TPSA) is 0 Å². The molecule has 14 heavy (non-hydrogen) atoms. The number of hydrogen-bond acceptors (Lipinski definition) is 0. The molecule has 0 aliphatic carbocycles. The van der Waals surface area contributed by atoms with E-state index in [1.165, 1.54) is 13.0 Å². The molecule has 0 spiro atoms. The highest BCUT2D eigenvalue weighted by molar-refractivity contribution is 5.30. The first-order chi connectivity index (χ1) is 6.30. The highest BCUT2D eigenvalue weighted by atomic mass is 19.4. The predicted molar refractivity (Wildman–Crippen MR) is 47.1 cm³/mol. The molecule has 0 rings (SSSR count). The summed E-state index contributed by atoms with van der Waals surface area (Å²) in [4.78, 5) is 0. The Bertz CT molecular complexity index is 299. The Morgan fingerprint density at radius 3 is 2.21 bits per heavy atom. The van der Waals surface area contributed by atoms with Crippen LogP contribution >= 0.6 is 0 Å². The molecule has 0 aliphatic heterocycles. The lowest BCUT2D eigenvalue weighted by Gasteiger charge is -2.08. The summed E-state index contributed by atoms with van der Waals surface area (Å²) in [5.41, 5.74) is -1.32. The second-order valence-electron chi connectivity index (χ2n) is 2.73. The smallest absolute Gasteiger partial charge is 0.206 e. The third-order valence-corrected chi connectivity index (χ3v) is 1.63. The molecule has 0 unspecified atom stereocenters. The van der Waals surface area contributed by atoms with Gasteiger partial charge in [0.2, 0.25) is 0 Å². The molecular formula is C10H10F4. The Morgan fingerprint density at radius 2 is 1.86 bits per heavy atom. The van der Waals surface area contributed by atoms with Crippen molar-refractivity contribution in [3.05, 3.63) is 23.0 Å². The van der Waals surface area contributed by atoms with Crippen LogP contribution in [0.1, 0.15) is 20.3 Å². The Hall–Kier alpha value is -1.24. The average molecular weight is 206 g/mol. The second kappa shape index (κ2) is 4.85. The molecule has 0 aromatic heterocycles. The summed E-state index contributed by atoms with van der Waals surface area (Å²) in [6, 6.07) is 0. The molecule has 78 valence electrons. The van der Waals surface area contributed by atoms with Gasteiger partial charge in [0.15, 0.2) is 0 Å². The van der Waals surface area contributed by atoms with Crippen LogP contribution < -0.4 is 0 Å². The van der Waals surface area contributed by atoms with E-state index in [2.05, 4.69) is 5.92 Å². The first-order valence-corrected chi connectivity index (χ1v) is 3.85. The van der Waals surface area contributed by atoms with Gasteiger partial charge in [-0.05, 0) is 19.4 Å². The number of allylic oxidation sites excluding steroid dienone is 4. The van der Waals surface area contributed by atoms with Crippen molar-refractivity contribution in [1.29, 1.82) is 0 Å². The molecule has 4 heteroatoms. The second-order valence-corrected chi connectivity index (χ2v) is 2.73. The minimum absolute atomic E-state index is 0.0854. The molecule has 0 saturated carbocycles. The van der Waals surface area contributed by atoms with E-state index in [0.29, 0.717) is 6.92 Å². The standard InChI is InChI=1S/C10H10F4/c1-4-5-6-7(2)9(11)8(3)10(12,13)14/h1,6H,5H2,2-3H3/b7-6-,9-8-. The van der Waals surface area contributed by atoms with Crippen molar-refractivity contribution in [2.45, 2.75) is 26.4 Å². The van der Waals surface area contributed by atoms with Crippen LogP contribution in [0.3, 0.4) is 0 Å². The molecule has 0 aliphatic rings. The monoisotopic (exact) mass is 206 g/mol. The summed E-state index contributed by atoms with van der Waals surface area (Å²) >= 11 is 0. The van der Waals surface area contributed by atoms with E-state index < -0.39 is 17.6 Å². The largest absolute Gasteiger partial charge is 0.415 e. The van der Waals surface area contributed by atoms with E-state index in [9.17, 15) is 17.6 Å². The van der Waals surface area contributed by atoms with Gasteiger partial charge in [-0.25, -0.2) is 4.39 Å². The molecule has 0 nitrogen and oxygen atoms in total. The van der Waals surface area contributed by atoms with E-state index in [1.807, 2.05) is 0 Å². The summed E-state index contributed by atoms with van der Waals surface area (Å²) in [7, 11) is 0. The Labute approximate surface area is 80.3 Å². The molecule has 0 N–H and O–H groups in total. The van der Waals surface area contributed by atoms with Gasteiger partial charge < -0.3 is 0 Å². The van der Waals surface area contributed by atoms with Crippen molar-refractivity contribution in [1.82, 2.24) is 0 Å². The first kappa shape index (κ1) is 12.8. The highest BCUT2D eigenvalue weighted by Gasteiger charge is 2.33. The van der Waals surface area contributed by atoms with Gasteiger partial charge in [0, 0.05) is 6.42 Å². The van der Waals surface area contributed by atoms with Gasteiger partial charge in [-0.1, -0.05) is 6.08 Å². The lowest BCUT2D eigenvalue weighted by atomic mass is 10.1. The van der Waals surface area contributed by atoms with Crippen LogP contribution in [0.15, 0.2) is 23.0 Å². The van der Waals surface area contributed by atoms with Crippen LogP contribution in [-0.2, 0) is 0 Å². The van der Waals surface area contributed by atoms with Crippen LogP contribution in [0, 0.1) is 12.3 Å². The van der Waals surface area contributed by atoms with E-state index in [0.717, 1.165) is 0 Å². The SMILES string of the molecule is C#CC/C=C(C)\C(F)=C(/C)C(F)(F)F. The molecule has 0 radical (unpaired) electrons. The summed E-state index contributed by atoms with van der Waals surface area (Å²) in [6.45, 7) is 1.95. The zero-order chi connectivity index (χ0) is 11.4. The lowest BCUT2D eigenvalue weighted by Crippen LogP contribution is -2.10. The van der Waals surface area contributed by atoms with Gasteiger partial charge in [-0.2, -0.15) is 13.2 Å². The fraction of sp³-hybridized carbons (Fsp3) is 0.400. The van der Waals surface area contributed by atoms with Gasteiger partial charge in [-0.3, -0.25) is 0 Å². The van der Waals surface area contributed by atoms with Crippen molar-refractivity contribution >= 4 is 0 Å². The summed E-state index contributed by atoms with van der Waals surface area (Å²) in [6.07, 6.45) is 1.61. The molecule has 0 amide bonds. The molecule has 0 atom stereocenters. The summed E-state index contributed by atoms with van der Waals surface area (Å²) in [5.74, 6) is 0.928. The maximum Gasteiger partial charge on any atom is 0.415 e. The van der Waals surface area contributed by atoms with E-state index >= 15 is 0 Å². The Kier molecular flexibility index (Phi) is 4.42. The molecule has 0 fully saturated rings. The van der Waals surface area contributed by atoms with Gasteiger partial charge in [-0.15, -0.1) is 12.3 Å². The summed E-state index contributed by atoms with van der Waals surface area (Å²) in [5, 5.41) is 0. The highest BCUT2D eigenvalue weighted by Crippen LogP contribution is 2.30. The van der Waals surface area contributed by atoms with Crippen molar-refractivity contribution in [3.8, 4) is 12.3 Å². The van der Waals surface area contributed by atoms with E-state index in [1.54, 1.807) is 0 Å². The van der Waals surface area contributed by atoms with Crippen LogP contribution in [0.5, 0.6) is 0 Å². The van der Waals surface area contributed by atoms with Crippen molar-refractivity contribution in [2.75, 3.05) is 0 Å². The maximum absolute atomic E-state index is 13.0. The number of alkyl halides is 3. The fourth-order valence-corrected chi connectivity index (χ4v) is 0.722.